The van der Waals surface area contributed by atoms with E-state index in [1.54, 1.807) is 4.90 Å². The summed E-state index contributed by atoms with van der Waals surface area (Å²) < 4.78 is 27.6. The van der Waals surface area contributed by atoms with Crippen LogP contribution in [0.15, 0.2) is 29.1 Å². The first-order chi connectivity index (χ1) is 11.5. The number of halogens is 2. The van der Waals surface area contributed by atoms with Gasteiger partial charge in [-0.25, -0.2) is 13.8 Å². The summed E-state index contributed by atoms with van der Waals surface area (Å²) in [5.41, 5.74) is 0.632. The third-order valence-electron chi connectivity index (χ3n) is 4.26. The summed E-state index contributed by atoms with van der Waals surface area (Å²) in [6.07, 6.45) is 0.290. The summed E-state index contributed by atoms with van der Waals surface area (Å²) >= 11 is 0. The van der Waals surface area contributed by atoms with Crippen LogP contribution in [0.2, 0.25) is 0 Å². The second kappa shape index (κ2) is 6.78. The maximum Gasteiger partial charge on any atom is 0.251 e. The summed E-state index contributed by atoms with van der Waals surface area (Å²) in [7, 11) is 0. The van der Waals surface area contributed by atoms with Crippen LogP contribution in [0.1, 0.15) is 36.5 Å². The van der Waals surface area contributed by atoms with Crippen molar-refractivity contribution in [1.29, 1.82) is 0 Å². The van der Waals surface area contributed by atoms with Crippen molar-refractivity contribution < 1.29 is 13.9 Å². The second-order valence-electron chi connectivity index (χ2n) is 6.04. The highest BCUT2D eigenvalue weighted by atomic mass is 19.1. The fraction of sp³-hybridized carbons (Fsp3) is 0.412. The number of likely N-dealkylation sites (tertiary alicyclic amines) is 1. The molecule has 5 nitrogen and oxygen atoms in total. The summed E-state index contributed by atoms with van der Waals surface area (Å²) in [6, 6.07) is 4.28. The number of nitrogens with one attached hydrogen (secondary N) is 1. The molecule has 1 aromatic carbocycles. The maximum absolute atomic E-state index is 14.1. The second-order valence-corrected chi connectivity index (χ2v) is 6.04. The van der Waals surface area contributed by atoms with Crippen molar-refractivity contribution in [3.8, 4) is 0 Å². The summed E-state index contributed by atoms with van der Waals surface area (Å²) in [5, 5.41) is 9.97. The van der Waals surface area contributed by atoms with Gasteiger partial charge >= 0.3 is 0 Å². The van der Waals surface area contributed by atoms with Crippen LogP contribution in [0.25, 0.3) is 0 Å². The number of rotatable bonds is 4. The smallest absolute Gasteiger partial charge is 0.251 e. The average Bonchev–Trinajstić information content (AvgIpc) is 2.89. The minimum atomic E-state index is -0.640. The Morgan fingerprint density at radius 2 is 2.17 bits per heavy atom. The minimum Gasteiger partial charge on any atom is -0.392 e. The number of aromatic amines is 1. The Hall–Kier alpha value is -2.12. The van der Waals surface area contributed by atoms with Gasteiger partial charge in [0.25, 0.3) is 5.56 Å². The fourth-order valence-electron chi connectivity index (χ4n) is 3.16. The van der Waals surface area contributed by atoms with Crippen molar-refractivity contribution in [1.82, 2.24) is 14.9 Å². The molecule has 2 aromatic rings. The van der Waals surface area contributed by atoms with E-state index in [0.29, 0.717) is 30.9 Å². The molecule has 0 saturated carbocycles. The van der Waals surface area contributed by atoms with Crippen LogP contribution < -0.4 is 5.56 Å². The highest BCUT2D eigenvalue weighted by Gasteiger charge is 2.34. The van der Waals surface area contributed by atoms with Crippen molar-refractivity contribution in [3.63, 3.8) is 0 Å². The van der Waals surface area contributed by atoms with Gasteiger partial charge in [-0.2, -0.15) is 0 Å². The Balaban J connectivity index is 1.90. The van der Waals surface area contributed by atoms with Crippen LogP contribution in [-0.2, 0) is 13.0 Å². The maximum atomic E-state index is 14.1. The summed E-state index contributed by atoms with van der Waals surface area (Å²) in [5.74, 6) is -0.577. The SMILES string of the molecule is CCc1cc(=O)[nH]c(CN2C[C@H](O)C[C@@H]2c2cc(F)ccc2F)n1. The van der Waals surface area contributed by atoms with Crippen LogP contribution in [0.4, 0.5) is 8.78 Å². The number of aliphatic hydroxyl groups excluding tert-OH is 1. The highest BCUT2D eigenvalue weighted by molar-refractivity contribution is 5.24. The number of hydrogen-bond donors (Lipinski definition) is 2. The number of aliphatic hydroxyl groups is 1. The van der Waals surface area contributed by atoms with Crippen LogP contribution in [0.3, 0.4) is 0 Å². The molecule has 3 rings (SSSR count). The normalized spacial score (nSPS) is 21.3. The zero-order valence-corrected chi connectivity index (χ0v) is 13.3. The van der Waals surface area contributed by atoms with Crippen molar-refractivity contribution in [2.24, 2.45) is 0 Å². The van der Waals surface area contributed by atoms with Gasteiger partial charge in [-0.15, -0.1) is 0 Å². The monoisotopic (exact) mass is 335 g/mol. The molecular weight excluding hydrogens is 316 g/mol. The van der Waals surface area contributed by atoms with Crippen LogP contribution in [-0.4, -0.2) is 32.6 Å². The van der Waals surface area contributed by atoms with Gasteiger partial charge in [0.1, 0.15) is 17.5 Å². The Morgan fingerprint density at radius 3 is 2.92 bits per heavy atom. The first-order valence-corrected chi connectivity index (χ1v) is 7.92. The zero-order valence-electron chi connectivity index (χ0n) is 13.3. The van der Waals surface area contributed by atoms with Crippen LogP contribution in [0.5, 0.6) is 0 Å². The number of β-amino-alcohol motifs (C(OH)–C–C–N with tert-alkyl or cyclic N) is 1. The van der Waals surface area contributed by atoms with Crippen molar-refractivity contribution in [3.05, 3.63) is 63.3 Å². The van der Waals surface area contributed by atoms with E-state index in [9.17, 15) is 18.7 Å². The number of H-pyrrole nitrogens is 1. The fourth-order valence-corrected chi connectivity index (χ4v) is 3.16. The molecule has 2 heterocycles. The lowest BCUT2D eigenvalue weighted by atomic mass is 10.0. The van der Waals surface area contributed by atoms with Gasteiger partial charge < -0.3 is 10.1 Å². The Kier molecular flexibility index (Phi) is 4.73. The molecule has 0 aliphatic carbocycles. The van der Waals surface area contributed by atoms with Gasteiger partial charge in [-0.05, 0) is 31.0 Å². The quantitative estimate of drug-likeness (QED) is 0.896. The third-order valence-corrected chi connectivity index (χ3v) is 4.26. The Bertz CT molecular complexity index is 794. The predicted molar refractivity (Wildman–Crippen MR) is 84.4 cm³/mol. The standard InChI is InChI=1S/C17H19F2N3O2/c1-2-11-6-17(24)21-16(20-11)9-22-8-12(23)7-15(22)13-5-10(18)3-4-14(13)19/h3-6,12,15,23H,2,7-9H2,1H3,(H,20,21,24)/t12-,15-/m1/s1. The van der Waals surface area contributed by atoms with Crippen molar-refractivity contribution in [2.45, 2.75) is 38.5 Å². The van der Waals surface area contributed by atoms with Gasteiger partial charge in [0.2, 0.25) is 0 Å². The number of nitrogens with zero attached hydrogens (tertiary/aromatic N) is 2. The number of aromatic nitrogens is 2. The van der Waals surface area contributed by atoms with Gasteiger partial charge in [0.15, 0.2) is 0 Å². The van der Waals surface area contributed by atoms with Gasteiger partial charge in [0, 0.05) is 29.9 Å². The topological polar surface area (TPSA) is 69.2 Å². The van der Waals surface area contributed by atoms with Gasteiger partial charge in [-0.1, -0.05) is 6.92 Å². The molecule has 1 aromatic heterocycles. The molecule has 1 saturated heterocycles. The molecule has 0 bridgehead atoms. The molecule has 128 valence electrons. The highest BCUT2D eigenvalue weighted by Crippen LogP contribution is 2.34. The molecule has 1 aliphatic rings. The number of aryl methyl sites for hydroxylation is 1. The lowest BCUT2D eigenvalue weighted by Crippen LogP contribution is -2.27. The minimum absolute atomic E-state index is 0.209. The Morgan fingerprint density at radius 1 is 1.38 bits per heavy atom. The van der Waals surface area contributed by atoms with Gasteiger partial charge in [0.05, 0.1) is 12.6 Å². The molecule has 2 N–H and O–H groups in total. The molecule has 0 amide bonds. The Labute approximate surface area is 138 Å². The van der Waals surface area contributed by atoms with E-state index < -0.39 is 23.8 Å². The molecule has 0 radical (unpaired) electrons. The molecule has 2 atom stereocenters. The summed E-state index contributed by atoms with van der Waals surface area (Å²) in [4.78, 5) is 20.5. The van der Waals surface area contributed by atoms with E-state index in [-0.39, 0.29) is 17.7 Å². The predicted octanol–water partition coefficient (Wildman–Crippen LogP) is 1.92. The first kappa shape index (κ1) is 16.7. The molecular formula is C17H19F2N3O2. The molecule has 7 heteroatoms. The van der Waals surface area contributed by atoms with E-state index >= 15 is 0 Å². The largest absolute Gasteiger partial charge is 0.392 e. The van der Waals surface area contributed by atoms with E-state index in [1.807, 2.05) is 6.92 Å². The van der Waals surface area contributed by atoms with E-state index in [1.165, 1.54) is 6.07 Å². The molecule has 1 fully saturated rings. The van der Waals surface area contributed by atoms with E-state index in [2.05, 4.69) is 9.97 Å². The molecule has 24 heavy (non-hydrogen) atoms. The summed E-state index contributed by atoms with van der Waals surface area (Å²) in [6.45, 7) is 2.46. The first-order valence-electron chi connectivity index (χ1n) is 7.92. The van der Waals surface area contributed by atoms with E-state index in [0.717, 1.165) is 18.2 Å². The van der Waals surface area contributed by atoms with Crippen molar-refractivity contribution >= 4 is 0 Å². The lowest BCUT2D eigenvalue weighted by Gasteiger charge is -2.24. The van der Waals surface area contributed by atoms with Gasteiger partial charge in [-0.3, -0.25) is 9.69 Å². The number of hydrogen-bond acceptors (Lipinski definition) is 4. The average molecular weight is 335 g/mol. The van der Waals surface area contributed by atoms with E-state index in [4.69, 9.17) is 0 Å². The zero-order chi connectivity index (χ0) is 17.3. The van der Waals surface area contributed by atoms with Crippen LogP contribution in [0, 0.1) is 11.6 Å². The molecule has 0 spiro atoms. The van der Waals surface area contributed by atoms with Crippen molar-refractivity contribution in [2.75, 3.05) is 6.54 Å². The van der Waals surface area contributed by atoms with Crippen LogP contribution >= 0.6 is 0 Å². The number of benzene rings is 1. The molecule has 0 unspecified atom stereocenters. The third kappa shape index (κ3) is 3.52. The lowest BCUT2D eigenvalue weighted by molar-refractivity contribution is 0.171. The molecule has 1 aliphatic heterocycles.